The van der Waals surface area contributed by atoms with Gasteiger partial charge in [-0.2, -0.15) is 4.31 Å². The average molecular weight is 472 g/mol. The van der Waals surface area contributed by atoms with Crippen LogP contribution in [0, 0.1) is 5.92 Å². The smallest absolute Gasteiger partial charge is 0.309 e. The Labute approximate surface area is 187 Å². The monoisotopic (exact) mass is 471 g/mol. The maximum atomic E-state index is 12.9. The zero-order chi connectivity index (χ0) is 22.6. The fourth-order valence-corrected chi connectivity index (χ4v) is 6.80. The Morgan fingerprint density at radius 1 is 1.16 bits per heavy atom. The van der Waals surface area contributed by atoms with E-state index in [4.69, 9.17) is 4.74 Å². The Kier molecular flexibility index (Phi) is 7.71. The van der Waals surface area contributed by atoms with Crippen LogP contribution in [0.25, 0.3) is 0 Å². The summed E-state index contributed by atoms with van der Waals surface area (Å²) in [7, 11) is -2.22. The lowest BCUT2D eigenvalue weighted by Crippen LogP contribution is -2.45. The highest BCUT2D eigenvalue weighted by Crippen LogP contribution is 2.28. The number of ether oxygens (including phenoxy) is 1. The van der Waals surface area contributed by atoms with Gasteiger partial charge in [-0.15, -0.1) is 11.3 Å². The second-order valence-corrected chi connectivity index (χ2v) is 10.6. The Bertz CT molecular complexity index is 915. The molecule has 2 saturated heterocycles. The van der Waals surface area contributed by atoms with Gasteiger partial charge in [0.1, 0.15) is 9.77 Å². The fraction of sp³-hybridized carbons (Fsp3) is 0.650. The molecule has 11 heteroatoms. The molecular weight excluding hydrogens is 442 g/mol. The van der Waals surface area contributed by atoms with E-state index in [1.54, 1.807) is 17.2 Å². The molecule has 172 valence electrons. The molecule has 0 aromatic carbocycles. The minimum Gasteiger partial charge on any atom is -0.466 e. The molecule has 0 aliphatic carbocycles. The first-order valence-electron chi connectivity index (χ1n) is 10.5. The number of esters is 1. The Morgan fingerprint density at radius 3 is 2.42 bits per heavy atom. The van der Waals surface area contributed by atoms with Crippen molar-refractivity contribution in [3.05, 3.63) is 16.3 Å². The summed E-state index contributed by atoms with van der Waals surface area (Å²) in [5.74, 6) is -1.14. The quantitative estimate of drug-likeness (QED) is 0.557. The van der Waals surface area contributed by atoms with Gasteiger partial charge in [0.05, 0.1) is 19.1 Å². The van der Waals surface area contributed by atoms with Gasteiger partial charge in [0.15, 0.2) is 0 Å². The van der Waals surface area contributed by atoms with Crippen molar-refractivity contribution in [2.45, 2.75) is 37.5 Å². The number of rotatable bonds is 7. The molecule has 3 rings (SSSR count). The van der Waals surface area contributed by atoms with Gasteiger partial charge in [-0.1, -0.05) is 0 Å². The second-order valence-electron chi connectivity index (χ2n) is 7.79. The number of carbonyl (C=O) groups is 3. The van der Waals surface area contributed by atoms with E-state index in [2.05, 4.69) is 0 Å². The van der Waals surface area contributed by atoms with Gasteiger partial charge < -0.3 is 14.5 Å². The standard InChI is InChI=1S/C20H29N3O6S2/c1-3-29-20(26)15-6-11-22(12-7-15)17(24)14-21(2)19(25)18-16(8-13-30-18)31(27,28)23-9-4-5-10-23/h8,13,15H,3-7,9-12,14H2,1-2H3. The van der Waals surface area contributed by atoms with Gasteiger partial charge in [0, 0.05) is 33.2 Å². The van der Waals surface area contributed by atoms with E-state index in [0.29, 0.717) is 45.6 Å². The number of hydrogen-bond acceptors (Lipinski definition) is 7. The maximum Gasteiger partial charge on any atom is 0.309 e. The topological polar surface area (TPSA) is 104 Å². The van der Waals surface area contributed by atoms with Gasteiger partial charge in [-0.3, -0.25) is 14.4 Å². The summed E-state index contributed by atoms with van der Waals surface area (Å²) in [6.45, 7) is 3.73. The second kappa shape index (κ2) is 10.1. The highest BCUT2D eigenvalue weighted by Gasteiger charge is 2.34. The zero-order valence-corrected chi connectivity index (χ0v) is 19.5. The highest BCUT2D eigenvalue weighted by molar-refractivity contribution is 7.89. The molecule has 0 radical (unpaired) electrons. The lowest BCUT2D eigenvalue weighted by atomic mass is 9.97. The van der Waals surface area contributed by atoms with Crippen LogP contribution < -0.4 is 0 Å². The third kappa shape index (κ3) is 5.27. The lowest BCUT2D eigenvalue weighted by molar-refractivity contribution is -0.151. The van der Waals surface area contributed by atoms with Crippen LogP contribution in [-0.4, -0.2) is 86.7 Å². The number of nitrogens with zero attached hydrogens (tertiary/aromatic N) is 3. The molecule has 0 unspecified atom stereocenters. The van der Waals surface area contributed by atoms with Crippen molar-refractivity contribution >= 4 is 39.1 Å². The van der Waals surface area contributed by atoms with Crippen LogP contribution in [0.2, 0.25) is 0 Å². The normalized spacial score (nSPS) is 18.2. The number of likely N-dealkylation sites (tertiary alicyclic amines) is 1. The van der Waals surface area contributed by atoms with Crippen LogP contribution in [-0.2, 0) is 24.3 Å². The first-order valence-corrected chi connectivity index (χ1v) is 12.8. The zero-order valence-electron chi connectivity index (χ0n) is 17.9. The van der Waals surface area contributed by atoms with E-state index in [0.717, 1.165) is 24.2 Å². The Morgan fingerprint density at radius 2 is 1.81 bits per heavy atom. The summed E-state index contributed by atoms with van der Waals surface area (Å²) < 4.78 is 32.2. The molecule has 1 aromatic heterocycles. The van der Waals surface area contributed by atoms with Gasteiger partial charge in [-0.05, 0) is 44.1 Å². The van der Waals surface area contributed by atoms with Gasteiger partial charge in [0.25, 0.3) is 5.91 Å². The number of likely N-dealkylation sites (N-methyl/N-ethyl adjacent to an activating group) is 1. The van der Waals surface area contributed by atoms with Crippen molar-refractivity contribution in [2.75, 3.05) is 46.4 Å². The van der Waals surface area contributed by atoms with E-state index < -0.39 is 15.9 Å². The molecular formula is C20H29N3O6S2. The molecule has 2 amide bonds. The van der Waals surface area contributed by atoms with E-state index in [1.807, 2.05) is 0 Å². The molecule has 31 heavy (non-hydrogen) atoms. The number of amides is 2. The predicted molar refractivity (Wildman–Crippen MR) is 115 cm³/mol. The van der Waals surface area contributed by atoms with Crippen molar-refractivity contribution in [1.29, 1.82) is 0 Å². The van der Waals surface area contributed by atoms with E-state index in [1.165, 1.54) is 22.3 Å². The van der Waals surface area contributed by atoms with Crippen LogP contribution in [0.4, 0.5) is 0 Å². The molecule has 0 atom stereocenters. The number of carbonyl (C=O) groups excluding carboxylic acids is 3. The third-order valence-electron chi connectivity index (χ3n) is 5.69. The van der Waals surface area contributed by atoms with Crippen molar-refractivity contribution in [1.82, 2.24) is 14.1 Å². The number of thiophene rings is 1. The number of sulfonamides is 1. The van der Waals surface area contributed by atoms with Crippen LogP contribution in [0.3, 0.4) is 0 Å². The predicted octanol–water partition coefficient (Wildman–Crippen LogP) is 1.41. The summed E-state index contributed by atoms with van der Waals surface area (Å²) >= 11 is 1.07. The Balaban J connectivity index is 1.60. The number of hydrogen-bond donors (Lipinski definition) is 0. The first kappa shape index (κ1) is 23.7. The summed E-state index contributed by atoms with van der Waals surface area (Å²) in [6.07, 6.45) is 2.69. The minimum atomic E-state index is -3.72. The van der Waals surface area contributed by atoms with E-state index in [-0.39, 0.29) is 34.1 Å². The molecule has 9 nitrogen and oxygen atoms in total. The van der Waals surface area contributed by atoms with E-state index in [9.17, 15) is 22.8 Å². The highest BCUT2D eigenvalue weighted by atomic mass is 32.2. The van der Waals surface area contributed by atoms with Crippen molar-refractivity contribution < 1.29 is 27.5 Å². The summed E-state index contributed by atoms with van der Waals surface area (Å²) in [5.41, 5.74) is 0. The number of piperidine rings is 1. The minimum absolute atomic E-state index is 0.0129. The lowest BCUT2D eigenvalue weighted by Gasteiger charge is -2.32. The summed E-state index contributed by atoms with van der Waals surface area (Å²) in [6, 6.07) is 1.46. The molecule has 0 bridgehead atoms. The molecule has 0 spiro atoms. The van der Waals surface area contributed by atoms with Crippen molar-refractivity contribution in [2.24, 2.45) is 5.92 Å². The molecule has 0 saturated carbocycles. The van der Waals surface area contributed by atoms with Gasteiger partial charge >= 0.3 is 5.97 Å². The van der Waals surface area contributed by atoms with Crippen molar-refractivity contribution in [3.8, 4) is 0 Å². The van der Waals surface area contributed by atoms with Gasteiger partial charge in [-0.25, -0.2) is 8.42 Å². The Hall–Kier alpha value is -1.98. The molecule has 2 aliphatic heterocycles. The molecule has 3 heterocycles. The largest absolute Gasteiger partial charge is 0.466 e. The van der Waals surface area contributed by atoms with Crippen molar-refractivity contribution in [3.63, 3.8) is 0 Å². The first-order chi connectivity index (χ1) is 14.8. The van der Waals surface area contributed by atoms with Crippen LogP contribution >= 0.6 is 11.3 Å². The van der Waals surface area contributed by atoms with Crippen LogP contribution in [0.15, 0.2) is 16.3 Å². The average Bonchev–Trinajstić information content (AvgIpc) is 3.46. The SMILES string of the molecule is CCOC(=O)C1CCN(C(=O)CN(C)C(=O)c2sccc2S(=O)(=O)N2CCCC2)CC1. The van der Waals surface area contributed by atoms with Crippen LogP contribution in [0.1, 0.15) is 42.3 Å². The molecule has 0 N–H and O–H groups in total. The fourth-order valence-electron chi connectivity index (χ4n) is 3.90. The van der Waals surface area contributed by atoms with Gasteiger partial charge in [0.2, 0.25) is 15.9 Å². The van der Waals surface area contributed by atoms with Crippen LogP contribution in [0.5, 0.6) is 0 Å². The van der Waals surface area contributed by atoms with E-state index >= 15 is 0 Å². The molecule has 1 aromatic rings. The molecule has 2 aliphatic rings. The summed E-state index contributed by atoms with van der Waals surface area (Å²) in [4.78, 5) is 40.5. The maximum absolute atomic E-state index is 12.9. The summed E-state index contributed by atoms with van der Waals surface area (Å²) in [5, 5.41) is 1.59. The third-order valence-corrected chi connectivity index (χ3v) is 8.67. The molecule has 2 fully saturated rings.